The second-order valence-corrected chi connectivity index (χ2v) is 10.9. The number of nitrogens with zero attached hydrogens (tertiary/aromatic N) is 2. The number of nitrogens with one attached hydrogen (secondary N) is 1. The number of anilines is 1. The molecule has 0 saturated carbocycles. The third-order valence-corrected chi connectivity index (χ3v) is 6.40. The van der Waals surface area contributed by atoms with Crippen molar-refractivity contribution in [1.82, 2.24) is 9.80 Å². The average molecular weight is 590 g/mol. The summed E-state index contributed by atoms with van der Waals surface area (Å²) in [5, 5.41) is 2.23. The molecule has 226 valence electrons. The van der Waals surface area contributed by atoms with Gasteiger partial charge in [0.05, 0.1) is 18.2 Å². The summed E-state index contributed by atoms with van der Waals surface area (Å²) in [6.07, 6.45) is -9.51. The van der Waals surface area contributed by atoms with Gasteiger partial charge in [-0.2, -0.15) is 26.3 Å². The third-order valence-electron chi connectivity index (χ3n) is 6.40. The zero-order valence-electron chi connectivity index (χ0n) is 23.2. The Kier molecular flexibility index (Phi) is 9.70. The van der Waals surface area contributed by atoms with E-state index in [9.17, 15) is 35.9 Å². The van der Waals surface area contributed by atoms with Gasteiger partial charge in [-0.1, -0.05) is 12.1 Å². The van der Waals surface area contributed by atoms with Gasteiger partial charge in [0.2, 0.25) is 0 Å². The summed E-state index contributed by atoms with van der Waals surface area (Å²) in [7, 11) is 1.49. The van der Waals surface area contributed by atoms with Gasteiger partial charge in [0, 0.05) is 31.9 Å². The van der Waals surface area contributed by atoms with Gasteiger partial charge in [-0.3, -0.25) is 0 Å². The molecule has 2 aromatic rings. The predicted molar refractivity (Wildman–Crippen MR) is 139 cm³/mol. The monoisotopic (exact) mass is 589 g/mol. The van der Waals surface area contributed by atoms with Crippen molar-refractivity contribution >= 4 is 17.8 Å². The Bertz CT molecular complexity index is 1170. The molecular formula is C28H33F6N3O4. The van der Waals surface area contributed by atoms with Crippen LogP contribution in [0.15, 0.2) is 42.5 Å². The Morgan fingerprint density at radius 3 is 1.93 bits per heavy atom. The maximum absolute atomic E-state index is 13.3. The van der Waals surface area contributed by atoms with Crippen LogP contribution in [0.2, 0.25) is 0 Å². The van der Waals surface area contributed by atoms with Crippen LogP contribution in [0.5, 0.6) is 5.75 Å². The maximum Gasteiger partial charge on any atom is 0.416 e. The maximum atomic E-state index is 13.3. The smallest absolute Gasteiger partial charge is 0.416 e. The molecule has 0 aromatic heterocycles. The van der Waals surface area contributed by atoms with Crippen molar-refractivity contribution in [2.24, 2.45) is 5.92 Å². The number of hydrogen-bond donors (Lipinski definition) is 1. The Balaban J connectivity index is 1.80. The van der Waals surface area contributed by atoms with Crippen LogP contribution in [0, 0.1) is 5.92 Å². The number of alkyl halides is 6. The van der Waals surface area contributed by atoms with Gasteiger partial charge in [-0.25, -0.2) is 9.59 Å². The first-order chi connectivity index (χ1) is 18.9. The van der Waals surface area contributed by atoms with Gasteiger partial charge in [-0.05, 0) is 75.4 Å². The average Bonchev–Trinajstić information content (AvgIpc) is 2.87. The number of ether oxygens (including phenoxy) is 2. The van der Waals surface area contributed by atoms with Crippen molar-refractivity contribution in [1.29, 1.82) is 0 Å². The number of benzene rings is 2. The lowest BCUT2D eigenvalue weighted by molar-refractivity contribution is -0.143. The van der Waals surface area contributed by atoms with Crippen molar-refractivity contribution in [3.05, 3.63) is 59.2 Å². The largest absolute Gasteiger partial charge is 0.497 e. The van der Waals surface area contributed by atoms with Gasteiger partial charge < -0.3 is 24.6 Å². The Morgan fingerprint density at radius 1 is 0.927 bits per heavy atom. The number of rotatable bonds is 6. The van der Waals surface area contributed by atoms with Crippen molar-refractivity contribution < 1.29 is 45.4 Å². The fraction of sp³-hybridized carbons (Fsp3) is 0.500. The molecule has 0 spiro atoms. The number of halogens is 6. The molecule has 3 amide bonds. The van der Waals surface area contributed by atoms with Crippen LogP contribution < -0.4 is 10.1 Å². The van der Waals surface area contributed by atoms with Crippen LogP contribution in [-0.4, -0.2) is 54.3 Å². The summed E-state index contributed by atoms with van der Waals surface area (Å²) in [6.45, 7) is 6.22. The molecule has 13 heteroatoms. The molecule has 0 bridgehead atoms. The van der Waals surface area contributed by atoms with E-state index in [2.05, 4.69) is 5.32 Å². The standard InChI is InChI=1S/C28H33F6N3O4/c1-26(2,3)41-25(39)36-11-9-19(10-12-36)17-37(16-18-5-7-23(40-4)8-6-18)24(38)35-22-14-20(27(29,30)31)13-21(15-22)28(32,33)34/h5-8,13-15,19H,9-12,16-17H2,1-4H3,(H,35,38). The molecule has 0 unspecified atom stereocenters. The van der Waals surface area contributed by atoms with Gasteiger partial charge in [-0.15, -0.1) is 0 Å². The minimum Gasteiger partial charge on any atom is -0.497 e. The number of carbonyl (C=O) groups is 2. The normalized spacial score (nSPS) is 14.9. The second kappa shape index (κ2) is 12.5. The van der Waals surface area contributed by atoms with Gasteiger partial charge in [0.1, 0.15) is 11.4 Å². The molecule has 3 rings (SSSR count). The fourth-order valence-corrected chi connectivity index (χ4v) is 4.34. The fourth-order valence-electron chi connectivity index (χ4n) is 4.34. The summed E-state index contributed by atoms with van der Waals surface area (Å²) in [6, 6.07) is 6.84. The van der Waals surface area contributed by atoms with E-state index in [-0.39, 0.29) is 25.1 Å². The number of urea groups is 1. The lowest BCUT2D eigenvalue weighted by atomic mass is 9.96. The van der Waals surface area contributed by atoms with Crippen LogP contribution in [0.4, 0.5) is 41.6 Å². The molecule has 1 N–H and O–H groups in total. The number of amides is 3. The highest BCUT2D eigenvalue weighted by Gasteiger charge is 2.37. The van der Waals surface area contributed by atoms with Crippen LogP contribution >= 0.6 is 0 Å². The van der Waals surface area contributed by atoms with Crippen LogP contribution in [0.1, 0.15) is 50.3 Å². The molecule has 1 aliphatic heterocycles. The molecule has 0 radical (unpaired) electrons. The summed E-state index contributed by atoms with van der Waals surface area (Å²) in [5.41, 5.74) is -3.67. The zero-order valence-corrected chi connectivity index (χ0v) is 23.2. The van der Waals surface area contributed by atoms with Gasteiger partial charge in [0.15, 0.2) is 0 Å². The highest BCUT2D eigenvalue weighted by atomic mass is 19.4. The van der Waals surface area contributed by atoms with Crippen molar-refractivity contribution in [2.75, 3.05) is 32.1 Å². The number of hydrogen-bond acceptors (Lipinski definition) is 4. The van der Waals surface area contributed by atoms with E-state index < -0.39 is 46.9 Å². The summed E-state index contributed by atoms with van der Waals surface area (Å²) in [4.78, 5) is 28.6. The molecule has 1 fully saturated rings. The molecule has 0 atom stereocenters. The topological polar surface area (TPSA) is 71.1 Å². The van der Waals surface area contributed by atoms with E-state index in [1.165, 1.54) is 12.0 Å². The number of carbonyl (C=O) groups excluding carboxylic acids is 2. The molecule has 41 heavy (non-hydrogen) atoms. The molecule has 0 aliphatic carbocycles. The molecule has 1 aliphatic rings. The van der Waals surface area contributed by atoms with E-state index in [1.54, 1.807) is 49.9 Å². The van der Waals surface area contributed by atoms with E-state index >= 15 is 0 Å². The van der Waals surface area contributed by atoms with E-state index in [1.807, 2.05) is 0 Å². The van der Waals surface area contributed by atoms with Crippen LogP contribution in [0.3, 0.4) is 0 Å². The number of likely N-dealkylation sites (tertiary alicyclic amines) is 1. The lowest BCUT2D eigenvalue weighted by Crippen LogP contribution is -2.45. The quantitative estimate of drug-likeness (QED) is 0.356. The summed E-state index contributed by atoms with van der Waals surface area (Å²) < 4.78 is 90.5. The Morgan fingerprint density at radius 2 is 1.46 bits per heavy atom. The second-order valence-electron chi connectivity index (χ2n) is 10.9. The van der Waals surface area contributed by atoms with E-state index in [0.717, 1.165) is 0 Å². The van der Waals surface area contributed by atoms with Gasteiger partial charge >= 0.3 is 24.5 Å². The van der Waals surface area contributed by atoms with Crippen LogP contribution in [-0.2, 0) is 23.6 Å². The zero-order chi connectivity index (χ0) is 30.6. The molecule has 1 heterocycles. The number of piperidine rings is 1. The van der Waals surface area contributed by atoms with E-state index in [0.29, 0.717) is 49.4 Å². The van der Waals surface area contributed by atoms with Crippen molar-refractivity contribution in [3.63, 3.8) is 0 Å². The van der Waals surface area contributed by atoms with Crippen LogP contribution in [0.25, 0.3) is 0 Å². The molecular weight excluding hydrogens is 556 g/mol. The predicted octanol–water partition coefficient (Wildman–Crippen LogP) is 7.41. The minimum absolute atomic E-state index is 0.00320. The first kappa shape index (κ1) is 31.9. The first-order valence-electron chi connectivity index (χ1n) is 12.9. The SMILES string of the molecule is COc1ccc(CN(CC2CCN(C(=O)OC(C)(C)C)CC2)C(=O)Nc2cc(C(F)(F)F)cc(C(F)(F)F)c2)cc1. The Labute approximate surface area is 234 Å². The highest BCUT2D eigenvalue weighted by molar-refractivity contribution is 5.89. The first-order valence-corrected chi connectivity index (χ1v) is 12.9. The van der Waals surface area contributed by atoms with Crippen molar-refractivity contribution in [2.45, 2.75) is 58.1 Å². The Hall–Kier alpha value is -3.64. The highest BCUT2D eigenvalue weighted by Crippen LogP contribution is 2.37. The summed E-state index contributed by atoms with van der Waals surface area (Å²) >= 11 is 0. The lowest BCUT2D eigenvalue weighted by Gasteiger charge is -2.35. The van der Waals surface area contributed by atoms with Gasteiger partial charge in [0.25, 0.3) is 0 Å². The molecule has 7 nitrogen and oxygen atoms in total. The van der Waals surface area contributed by atoms with E-state index in [4.69, 9.17) is 9.47 Å². The molecule has 2 aromatic carbocycles. The minimum atomic E-state index is -5.05. The molecule has 1 saturated heterocycles. The third kappa shape index (κ3) is 9.46. The summed E-state index contributed by atoms with van der Waals surface area (Å²) in [5.74, 6) is 0.493. The van der Waals surface area contributed by atoms with Crippen molar-refractivity contribution in [3.8, 4) is 5.75 Å². The number of methoxy groups -OCH3 is 1.